The summed E-state index contributed by atoms with van der Waals surface area (Å²) >= 11 is 1.39. The highest BCUT2D eigenvalue weighted by molar-refractivity contribution is 7.14. The molecule has 7 heteroatoms. The van der Waals surface area contributed by atoms with Gasteiger partial charge in [0.25, 0.3) is 0 Å². The van der Waals surface area contributed by atoms with Crippen molar-refractivity contribution < 1.29 is 14.3 Å². The van der Waals surface area contributed by atoms with E-state index in [2.05, 4.69) is 15.6 Å². The van der Waals surface area contributed by atoms with E-state index in [4.69, 9.17) is 9.47 Å². The van der Waals surface area contributed by atoms with Crippen molar-refractivity contribution in [2.45, 2.75) is 13.3 Å². The summed E-state index contributed by atoms with van der Waals surface area (Å²) in [5, 5.41) is 8.11. The fraction of sp³-hybridized carbons (Fsp3) is 0.238. The summed E-state index contributed by atoms with van der Waals surface area (Å²) < 4.78 is 10.6. The maximum atomic E-state index is 12.1. The second-order valence-corrected chi connectivity index (χ2v) is 6.83. The van der Waals surface area contributed by atoms with E-state index in [1.807, 2.05) is 60.8 Å². The lowest BCUT2D eigenvalue weighted by molar-refractivity contribution is 0.252. The Kier molecular flexibility index (Phi) is 6.86. The molecule has 0 spiro atoms. The Morgan fingerprint density at radius 3 is 2.46 bits per heavy atom. The number of ether oxygens (including phenoxy) is 2. The van der Waals surface area contributed by atoms with E-state index in [1.54, 1.807) is 7.11 Å². The van der Waals surface area contributed by atoms with E-state index in [0.717, 1.165) is 34.7 Å². The van der Waals surface area contributed by atoms with Gasteiger partial charge in [-0.15, -0.1) is 11.3 Å². The molecule has 1 aromatic heterocycles. The molecule has 1 heterocycles. The molecular weight excluding hydrogens is 374 g/mol. The second kappa shape index (κ2) is 9.75. The van der Waals surface area contributed by atoms with Gasteiger partial charge in [0.05, 0.1) is 19.4 Å². The SMILES string of the molecule is CCOc1ccc(-c2csc(NC(=O)NCCc3ccc(OC)cc3)n2)cc1. The Hall–Kier alpha value is -3.06. The van der Waals surface area contributed by atoms with Gasteiger partial charge in [-0.3, -0.25) is 5.32 Å². The third kappa shape index (κ3) is 5.47. The third-order valence-corrected chi connectivity index (χ3v) is 4.80. The summed E-state index contributed by atoms with van der Waals surface area (Å²) in [4.78, 5) is 16.5. The lowest BCUT2D eigenvalue weighted by Crippen LogP contribution is -2.30. The molecule has 28 heavy (non-hydrogen) atoms. The van der Waals surface area contributed by atoms with Crippen LogP contribution in [0.5, 0.6) is 11.5 Å². The van der Waals surface area contributed by atoms with Gasteiger partial charge < -0.3 is 14.8 Å². The van der Waals surface area contributed by atoms with Crippen molar-refractivity contribution in [2.24, 2.45) is 0 Å². The van der Waals surface area contributed by atoms with Crippen LogP contribution in [0.4, 0.5) is 9.93 Å². The number of hydrogen-bond acceptors (Lipinski definition) is 5. The zero-order valence-electron chi connectivity index (χ0n) is 15.9. The van der Waals surface area contributed by atoms with Gasteiger partial charge in [0.15, 0.2) is 5.13 Å². The van der Waals surface area contributed by atoms with Crippen molar-refractivity contribution in [1.82, 2.24) is 10.3 Å². The number of urea groups is 1. The smallest absolute Gasteiger partial charge is 0.321 e. The molecule has 146 valence electrons. The van der Waals surface area contributed by atoms with Crippen molar-refractivity contribution in [3.63, 3.8) is 0 Å². The van der Waals surface area contributed by atoms with Crippen LogP contribution in [0.1, 0.15) is 12.5 Å². The molecule has 2 N–H and O–H groups in total. The van der Waals surface area contributed by atoms with Crippen molar-refractivity contribution in [2.75, 3.05) is 25.6 Å². The number of aromatic nitrogens is 1. The molecule has 0 saturated carbocycles. The fourth-order valence-corrected chi connectivity index (χ4v) is 3.32. The molecule has 0 aliphatic rings. The first-order valence-corrected chi connectivity index (χ1v) is 9.92. The molecule has 0 radical (unpaired) electrons. The van der Waals surface area contributed by atoms with E-state index in [-0.39, 0.29) is 6.03 Å². The summed E-state index contributed by atoms with van der Waals surface area (Å²) in [5.74, 6) is 1.65. The van der Waals surface area contributed by atoms with Gasteiger partial charge in [-0.2, -0.15) is 0 Å². The van der Waals surface area contributed by atoms with Crippen LogP contribution in [0.2, 0.25) is 0 Å². The largest absolute Gasteiger partial charge is 0.497 e. The molecule has 0 aliphatic carbocycles. The Morgan fingerprint density at radius 1 is 1.07 bits per heavy atom. The highest BCUT2D eigenvalue weighted by Crippen LogP contribution is 2.26. The Morgan fingerprint density at radius 2 is 1.79 bits per heavy atom. The molecule has 0 unspecified atom stereocenters. The summed E-state index contributed by atoms with van der Waals surface area (Å²) in [7, 11) is 1.64. The fourth-order valence-electron chi connectivity index (χ4n) is 2.61. The summed E-state index contributed by atoms with van der Waals surface area (Å²) in [6, 6.07) is 15.3. The zero-order chi connectivity index (χ0) is 19.8. The van der Waals surface area contributed by atoms with Crippen molar-refractivity contribution >= 4 is 22.5 Å². The van der Waals surface area contributed by atoms with E-state index < -0.39 is 0 Å². The number of carbonyl (C=O) groups is 1. The average Bonchev–Trinajstić information content (AvgIpc) is 3.18. The van der Waals surface area contributed by atoms with Crippen LogP contribution in [0.3, 0.4) is 0 Å². The molecule has 0 aliphatic heterocycles. The van der Waals surface area contributed by atoms with Gasteiger partial charge >= 0.3 is 6.03 Å². The maximum Gasteiger partial charge on any atom is 0.321 e. The number of hydrogen-bond donors (Lipinski definition) is 2. The number of rotatable bonds is 8. The highest BCUT2D eigenvalue weighted by atomic mass is 32.1. The molecule has 3 aromatic rings. The zero-order valence-corrected chi connectivity index (χ0v) is 16.7. The minimum atomic E-state index is -0.263. The van der Waals surface area contributed by atoms with Gasteiger partial charge in [0, 0.05) is 17.5 Å². The lowest BCUT2D eigenvalue weighted by atomic mass is 10.1. The van der Waals surface area contributed by atoms with Crippen LogP contribution >= 0.6 is 11.3 Å². The third-order valence-electron chi connectivity index (χ3n) is 4.04. The number of anilines is 1. The first-order chi connectivity index (χ1) is 13.7. The minimum Gasteiger partial charge on any atom is -0.497 e. The van der Waals surface area contributed by atoms with Crippen molar-refractivity contribution in [1.29, 1.82) is 0 Å². The van der Waals surface area contributed by atoms with Crippen LogP contribution in [-0.4, -0.2) is 31.3 Å². The van der Waals surface area contributed by atoms with Gasteiger partial charge in [0.2, 0.25) is 0 Å². The Bertz CT molecular complexity index is 892. The molecular formula is C21H23N3O3S. The predicted molar refractivity (Wildman–Crippen MR) is 112 cm³/mol. The first kappa shape index (κ1) is 19.7. The molecule has 3 rings (SSSR count). The molecule has 0 fully saturated rings. The van der Waals surface area contributed by atoms with Crippen LogP contribution in [0.15, 0.2) is 53.9 Å². The normalized spacial score (nSPS) is 10.4. The summed E-state index contributed by atoms with van der Waals surface area (Å²) in [6.07, 6.45) is 0.743. The maximum absolute atomic E-state index is 12.1. The predicted octanol–water partition coefficient (Wildman–Crippen LogP) is 4.58. The first-order valence-electron chi connectivity index (χ1n) is 9.04. The Labute approximate surface area is 168 Å². The molecule has 2 amide bonds. The quantitative estimate of drug-likeness (QED) is 0.583. The number of nitrogens with one attached hydrogen (secondary N) is 2. The van der Waals surface area contributed by atoms with Gasteiger partial charge in [-0.25, -0.2) is 9.78 Å². The van der Waals surface area contributed by atoms with Gasteiger partial charge in [0.1, 0.15) is 11.5 Å². The lowest BCUT2D eigenvalue weighted by Gasteiger charge is -2.06. The number of amides is 2. The average molecular weight is 398 g/mol. The van der Waals surface area contributed by atoms with Crippen LogP contribution in [0.25, 0.3) is 11.3 Å². The van der Waals surface area contributed by atoms with Crippen LogP contribution in [-0.2, 0) is 6.42 Å². The van der Waals surface area contributed by atoms with Crippen LogP contribution in [0, 0.1) is 0 Å². The van der Waals surface area contributed by atoms with Gasteiger partial charge in [-0.05, 0) is 55.3 Å². The summed E-state index contributed by atoms with van der Waals surface area (Å²) in [5.41, 5.74) is 2.93. The number of thiazole rings is 1. The second-order valence-electron chi connectivity index (χ2n) is 5.97. The van der Waals surface area contributed by atoms with Gasteiger partial charge in [-0.1, -0.05) is 12.1 Å². The Balaban J connectivity index is 1.47. The highest BCUT2D eigenvalue weighted by Gasteiger charge is 2.08. The molecule has 0 bridgehead atoms. The number of carbonyl (C=O) groups excluding carboxylic acids is 1. The monoisotopic (exact) mass is 397 g/mol. The topological polar surface area (TPSA) is 72.5 Å². The standard InChI is InChI=1S/C21H23N3O3S/c1-3-27-18-10-6-16(7-11-18)19-14-28-21(23-19)24-20(25)22-13-12-15-4-8-17(26-2)9-5-15/h4-11,14H,3,12-13H2,1-2H3,(H2,22,23,24,25). The number of methoxy groups -OCH3 is 1. The minimum absolute atomic E-state index is 0.263. The van der Waals surface area contributed by atoms with Crippen molar-refractivity contribution in [3.05, 3.63) is 59.5 Å². The van der Waals surface area contributed by atoms with Crippen molar-refractivity contribution in [3.8, 4) is 22.8 Å². The van der Waals surface area contributed by atoms with E-state index in [0.29, 0.717) is 18.3 Å². The van der Waals surface area contributed by atoms with E-state index in [1.165, 1.54) is 11.3 Å². The van der Waals surface area contributed by atoms with Crippen LogP contribution < -0.4 is 20.1 Å². The molecule has 0 atom stereocenters. The van der Waals surface area contributed by atoms with E-state index in [9.17, 15) is 4.79 Å². The number of benzene rings is 2. The molecule has 6 nitrogen and oxygen atoms in total. The molecule has 2 aromatic carbocycles. The summed E-state index contributed by atoms with van der Waals surface area (Å²) in [6.45, 7) is 3.13. The number of nitrogens with zero attached hydrogens (tertiary/aromatic N) is 1. The molecule has 0 saturated heterocycles. The van der Waals surface area contributed by atoms with E-state index >= 15 is 0 Å².